The molecule has 0 saturated heterocycles. The predicted molar refractivity (Wildman–Crippen MR) is 73.6 cm³/mol. The summed E-state index contributed by atoms with van der Waals surface area (Å²) in [5.74, 6) is -0.313. The van der Waals surface area contributed by atoms with Crippen LogP contribution in [0.15, 0.2) is 36.8 Å². The number of nitrogens with zero attached hydrogens (tertiary/aromatic N) is 2. The quantitative estimate of drug-likeness (QED) is 0.912. The summed E-state index contributed by atoms with van der Waals surface area (Å²) >= 11 is 6.16. The Labute approximate surface area is 116 Å². The molecule has 1 heterocycles. The zero-order valence-electron chi connectivity index (χ0n) is 10.6. The molecule has 2 rings (SSSR count). The van der Waals surface area contributed by atoms with E-state index < -0.39 is 0 Å². The maximum absolute atomic E-state index is 13.4. The zero-order valence-corrected chi connectivity index (χ0v) is 11.4. The van der Waals surface area contributed by atoms with E-state index in [1.54, 1.807) is 24.7 Å². The molecule has 0 aliphatic rings. The van der Waals surface area contributed by atoms with E-state index in [1.807, 2.05) is 0 Å². The van der Waals surface area contributed by atoms with Crippen LogP contribution in [0.1, 0.15) is 30.6 Å². The van der Waals surface area contributed by atoms with Gasteiger partial charge in [-0.05, 0) is 36.7 Å². The smallest absolute Gasteiger partial charge is 0.123 e. The lowest BCUT2D eigenvalue weighted by Gasteiger charge is -2.19. The highest BCUT2D eigenvalue weighted by molar-refractivity contribution is 6.31. The average Bonchev–Trinajstić information content (AvgIpc) is 2.44. The summed E-state index contributed by atoms with van der Waals surface area (Å²) in [6, 6.07) is 4.09. The molecule has 3 nitrogen and oxygen atoms in total. The van der Waals surface area contributed by atoms with Gasteiger partial charge < -0.3 is 5.32 Å². The van der Waals surface area contributed by atoms with Crippen LogP contribution in [0.2, 0.25) is 5.02 Å². The van der Waals surface area contributed by atoms with Gasteiger partial charge in [-0.3, -0.25) is 9.97 Å². The summed E-state index contributed by atoms with van der Waals surface area (Å²) in [5, 5.41) is 3.83. The molecule has 0 radical (unpaired) electrons. The first-order valence-corrected chi connectivity index (χ1v) is 6.54. The third-order valence-electron chi connectivity index (χ3n) is 2.75. The van der Waals surface area contributed by atoms with Crippen LogP contribution in [0.4, 0.5) is 4.39 Å². The highest BCUT2D eigenvalue weighted by Gasteiger charge is 2.18. The molecule has 5 heteroatoms. The van der Waals surface area contributed by atoms with E-state index in [4.69, 9.17) is 11.6 Å². The normalized spacial score (nSPS) is 12.4. The number of rotatable bonds is 5. The first-order valence-electron chi connectivity index (χ1n) is 6.16. The number of benzene rings is 1. The van der Waals surface area contributed by atoms with E-state index >= 15 is 0 Å². The van der Waals surface area contributed by atoms with E-state index in [9.17, 15) is 4.39 Å². The first kappa shape index (κ1) is 13.9. The summed E-state index contributed by atoms with van der Waals surface area (Å²) in [5.41, 5.74) is 1.40. The molecule has 0 spiro atoms. The van der Waals surface area contributed by atoms with Gasteiger partial charge in [0, 0.05) is 17.4 Å². The molecule has 1 aromatic carbocycles. The first-order chi connectivity index (χ1) is 9.22. The second-order valence-electron chi connectivity index (χ2n) is 4.18. The van der Waals surface area contributed by atoms with Crippen LogP contribution in [0, 0.1) is 5.82 Å². The minimum atomic E-state index is -0.313. The molecule has 19 heavy (non-hydrogen) atoms. The molecule has 0 amide bonds. The molecule has 0 saturated carbocycles. The lowest BCUT2D eigenvalue weighted by Crippen LogP contribution is -2.24. The third kappa shape index (κ3) is 3.49. The molecule has 1 unspecified atom stereocenters. The predicted octanol–water partition coefficient (Wildman–Crippen LogP) is 3.36. The van der Waals surface area contributed by atoms with E-state index in [1.165, 1.54) is 12.1 Å². The van der Waals surface area contributed by atoms with Crippen molar-refractivity contribution >= 4 is 11.6 Å². The zero-order chi connectivity index (χ0) is 13.7. The number of hydrogen-bond donors (Lipinski definition) is 1. The highest BCUT2D eigenvalue weighted by Crippen LogP contribution is 2.27. The van der Waals surface area contributed by atoms with Crippen LogP contribution in [0.25, 0.3) is 0 Å². The Bertz CT molecular complexity index is 533. The second-order valence-corrected chi connectivity index (χ2v) is 4.59. The third-order valence-corrected chi connectivity index (χ3v) is 3.09. The van der Waals surface area contributed by atoms with Crippen LogP contribution in [0.3, 0.4) is 0 Å². The fraction of sp³-hybridized carbons (Fsp3) is 0.286. The Morgan fingerprint density at radius 3 is 2.89 bits per heavy atom. The number of halogens is 2. The summed E-state index contributed by atoms with van der Waals surface area (Å²) in [6.07, 6.45) is 5.84. The van der Waals surface area contributed by atoms with Crippen molar-refractivity contribution in [1.29, 1.82) is 0 Å². The summed E-state index contributed by atoms with van der Waals surface area (Å²) in [6.45, 7) is 2.85. The van der Waals surface area contributed by atoms with Gasteiger partial charge >= 0.3 is 0 Å². The van der Waals surface area contributed by atoms with Gasteiger partial charge in [0.2, 0.25) is 0 Å². The maximum atomic E-state index is 13.4. The molecule has 0 fully saturated rings. The minimum Gasteiger partial charge on any atom is -0.305 e. The van der Waals surface area contributed by atoms with Crippen molar-refractivity contribution in [3.63, 3.8) is 0 Å². The molecule has 1 N–H and O–H groups in total. The Hall–Kier alpha value is -1.52. The van der Waals surface area contributed by atoms with Gasteiger partial charge in [-0.1, -0.05) is 18.5 Å². The van der Waals surface area contributed by atoms with Gasteiger partial charge in [0.1, 0.15) is 5.82 Å². The van der Waals surface area contributed by atoms with Crippen molar-refractivity contribution in [3.8, 4) is 0 Å². The van der Waals surface area contributed by atoms with Crippen LogP contribution in [0.5, 0.6) is 0 Å². The molecule has 100 valence electrons. The van der Waals surface area contributed by atoms with Gasteiger partial charge in [0.15, 0.2) is 0 Å². The SMILES string of the molecule is CCCNC(c1cnccn1)c1cc(F)ccc1Cl. The van der Waals surface area contributed by atoms with Gasteiger partial charge in [0.25, 0.3) is 0 Å². The Morgan fingerprint density at radius 1 is 1.37 bits per heavy atom. The number of nitrogens with one attached hydrogen (secondary N) is 1. The maximum Gasteiger partial charge on any atom is 0.123 e. The van der Waals surface area contributed by atoms with E-state index in [0.717, 1.165) is 18.7 Å². The van der Waals surface area contributed by atoms with Crippen molar-refractivity contribution in [1.82, 2.24) is 15.3 Å². The molecule has 2 aromatic rings. The van der Waals surface area contributed by atoms with Crippen molar-refractivity contribution in [2.45, 2.75) is 19.4 Å². The monoisotopic (exact) mass is 279 g/mol. The van der Waals surface area contributed by atoms with Gasteiger partial charge in [-0.2, -0.15) is 0 Å². The molecule has 1 atom stereocenters. The Morgan fingerprint density at radius 2 is 2.21 bits per heavy atom. The molecule has 0 aliphatic heterocycles. The number of aromatic nitrogens is 2. The average molecular weight is 280 g/mol. The lowest BCUT2D eigenvalue weighted by atomic mass is 10.0. The summed E-state index contributed by atoms with van der Waals surface area (Å²) in [4.78, 5) is 8.32. The van der Waals surface area contributed by atoms with Crippen LogP contribution >= 0.6 is 11.6 Å². The largest absolute Gasteiger partial charge is 0.305 e. The second kappa shape index (κ2) is 6.59. The van der Waals surface area contributed by atoms with Crippen molar-refractivity contribution < 1.29 is 4.39 Å². The fourth-order valence-electron chi connectivity index (χ4n) is 1.86. The van der Waals surface area contributed by atoms with E-state index in [-0.39, 0.29) is 11.9 Å². The van der Waals surface area contributed by atoms with Crippen LogP contribution in [-0.4, -0.2) is 16.5 Å². The molecular weight excluding hydrogens is 265 g/mol. The van der Waals surface area contributed by atoms with Gasteiger partial charge in [0.05, 0.1) is 17.9 Å². The fourth-order valence-corrected chi connectivity index (χ4v) is 2.08. The van der Waals surface area contributed by atoms with Crippen molar-refractivity contribution in [2.24, 2.45) is 0 Å². The molecule has 0 aliphatic carbocycles. The lowest BCUT2D eigenvalue weighted by molar-refractivity contribution is 0.574. The van der Waals surface area contributed by atoms with Gasteiger partial charge in [-0.25, -0.2) is 4.39 Å². The summed E-state index contributed by atoms with van der Waals surface area (Å²) < 4.78 is 13.4. The van der Waals surface area contributed by atoms with Gasteiger partial charge in [-0.15, -0.1) is 0 Å². The van der Waals surface area contributed by atoms with E-state index in [0.29, 0.717) is 10.6 Å². The topological polar surface area (TPSA) is 37.8 Å². The van der Waals surface area contributed by atoms with Crippen LogP contribution < -0.4 is 5.32 Å². The Balaban J connectivity index is 2.40. The molecular formula is C14H15ClFN3. The standard InChI is InChI=1S/C14H15ClFN3/c1-2-5-19-14(13-9-17-6-7-18-13)11-8-10(16)3-4-12(11)15/h3-4,6-9,14,19H,2,5H2,1H3. The van der Waals surface area contributed by atoms with Crippen molar-refractivity contribution in [3.05, 3.63) is 58.9 Å². The van der Waals surface area contributed by atoms with E-state index in [2.05, 4.69) is 22.2 Å². The van der Waals surface area contributed by atoms with Crippen molar-refractivity contribution in [2.75, 3.05) is 6.54 Å². The molecule has 1 aromatic heterocycles. The number of hydrogen-bond acceptors (Lipinski definition) is 3. The van der Waals surface area contributed by atoms with Crippen LogP contribution in [-0.2, 0) is 0 Å². The minimum absolute atomic E-state index is 0.253. The highest BCUT2D eigenvalue weighted by atomic mass is 35.5. The Kier molecular flexibility index (Phi) is 4.82. The molecule has 0 bridgehead atoms. The summed E-state index contributed by atoms with van der Waals surface area (Å²) in [7, 11) is 0.